The fourth-order valence-electron chi connectivity index (χ4n) is 3.86. The summed E-state index contributed by atoms with van der Waals surface area (Å²) in [5.74, 6) is 1.31. The molecule has 0 amide bonds. The number of aromatic nitrogens is 3. The molecule has 33 heavy (non-hydrogen) atoms. The van der Waals surface area contributed by atoms with E-state index in [1.807, 2.05) is 42.5 Å². The second-order valence-corrected chi connectivity index (χ2v) is 8.65. The molecule has 1 aliphatic rings. The van der Waals surface area contributed by atoms with Crippen molar-refractivity contribution < 1.29 is 14.2 Å². The summed E-state index contributed by atoms with van der Waals surface area (Å²) in [5.41, 5.74) is 2.75. The first-order chi connectivity index (χ1) is 16.2. The van der Waals surface area contributed by atoms with Crippen LogP contribution in [-0.2, 0) is 11.3 Å². The van der Waals surface area contributed by atoms with Crippen LogP contribution in [0.5, 0.6) is 11.5 Å². The molecule has 8 nitrogen and oxygen atoms in total. The third-order valence-electron chi connectivity index (χ3n) is 5.56. The first kappa shape index (κ1) is 21.4. The number of nitrogens with zero attached hydrogens (tertiary/aromatic N) is 4. The molecule has 1 fully saturated rings. The lowest BCUT2D eigenvalue weighted by atomic mass is 10.1. The number of hydrogen-bond donors (Lipinski definition) is 0. The molecule has 2 aromatic heterocycles. The van der Waals surface area contributed by atoms with Gasteiger partial charge in [0.25, 0.3) is 5.56 Å². The Hall–Kier alpha value is -3.43. The van der Waals surface area contributed by atoms with Crippen LogP contribution in [0.4, 0.5) is 5.13 Å². The van der Waals surface area contributed by atoms with E-state index in [1.165, 1.54) is 16.0 Å². The molecule has 2 aromatic carbocycles. The number of rotatable bonds is 6. The number of anilines is 1. The van der Waals surface area contributed by atoms with Crippen LogP contribution in [0.3, 0.4) is 0 Å². The summed E-state index contributed by atoms with van der Waals surface area (Å²) < 4.78 is 18.5. The summed E-state index contributed by atoms with van der Waals surface area (Å²) in [6.07, 6.45) is 0. The molecule has 3 heterocycles. The Kier molecular flexibility index (Phi) is 5.97. The average Bonchev–Trinajstić information content (AvgIpc) is 3.32. The number of benzene rings is 2. The number of fused-ring (bicyclic) bond motifs is 1. The molecule has 5 rings (SSSR count). The molecule has 0 aliphatic carbocycles. The Morgan fingerprint density at radius 2 is 1.73 bits per heavy atom. The van der Waals surface area contributed by atoms with Crippen molar-refractivity contribution >= 4 is 26.7 Å². The van der Waals surface area contributed by atoms with Crippen molar-refractivity contribution in [3.05, 3.63) is 64.4 Å². The van der Waals surface area contributed by atoms with Crippen molar-refractivity contribution in [1.29, 1.82) is 0 Å². The quantitative estimate of drug-likeness (QED) is 0.433. The van der Waals surface area contributed by atoms with Gasteiger partial charge >= 0.3 is 0 Å². The number of ether oxygens (including phenoxy) is 3. The first-order valence-corrected chi connectivity index (χ1v) is 11.5. The fourth-order valence-corrected chi connectivity index (χ4v) is 4.98. The van der Waals surface area contributed by atoms with Gasteiger partial charge in [-0.25, -0.2) is 9.67 Å². The van der Waals surface area contributed by atoms with Gasteiger partial charge in [-0.2, -0.15) is 5.10 Å². The highest BCUT2D eigenvalue weighted by Crippen LogP contribution is 2.34. The molecule has 0 spiro atoms. The maximum atomic E-state index is 13.5. The highest BCUT2D eigenvalue weighted by Gasteiger charge is 2.21. The molecule has 0 saturated carbocycles. The van der Waals surface area contributed by atoms with Gasteiger partial charge in [-0.05, 0) is 17.7 Å². The van der Waals surface area contributed by atoms with Gasteiger partial charge in [0, 0.05) is 24.7 Å². The second-order valence-electron chi connectivity index (χ2n) is 7.67. The lowest BCUT2D eigenvalue weighted by Gasteiger charge is -2.25. The lowest BCUT2D eigenvalue weighted by molar-refractivity contribution is 0.122. The Bertz CT molecular complexity index is 1310. The van der Waals surface area contributed by atoms with E-state index in [4.69, 9.17) is 24.3 Å². The van der Waals surface area contributed by atoms with Crippen molar-refractivity contribution in [3.63, 3.8) is 0 Å². The zero-order chi connectivity index (χ0) is 22.8. The van der Waals surface area contributed by atoms with E-state index >= 15 is 0 Å². The summed E-state index contributed by atoms with van der Waals surface area (Å²) in [6, 6.07) is 15.5. The van der Waals surface area contributed by atoms with Gasteiger partial charge in [0.2, 0.25) is 0 Å². The molecular formula is C24H24N4O4S. The van der Waals surface area contributed by atoms with Crippen molar-refractivity contribution in [2.75, 3.05) is 45.4 Å². The molecule has 0 N–H and O–H groups in total. The maximum absolute atomic E-state index is 13.5. The van der Waals surface area contributed by atoms with Crippen molar-refractivity contribution in [1.82, 2.24) is 14.8 Å². The molecule has 4 aromatic rings. The van der Waals surface area contributed by atoms with E-state index in [9.17, 15) is 4.79 Å². The van der Waals surface area contributed by atoms with Crippen molar-refractivity contribution in [2.24, 2.45) is 0 Å². The maximum Gasteiger partial charge on any atom is 0.294 e. The third kappa shape index (κ3) is 4.29. The van der Waals surface area contributed by atoms with Gasteiger partial charge in [0.05, 0.1) is 38.7 Å². The smallest absolute Gasteiger partial charge is 0.294 e. The molecule has 1 aliphatic heterocycles. The van der Waals surface area contributed by atoms with E-state index in [2.05, 4.69) is 4.90 Å². The van der Waals surface area contributed by atoms with Crippen molar-refractivity contribution in [2.45, 2.75) is 6.54 Å². The fraction of sp³-hybridized carbons (Fsp3) is 0.292. The Morgan fingerprint density at radius 1 is 1.03 bits per heavy atom. The van der Waals surface area contributed by atoms with Gasteiger partial charge in [-0.1, -0.05) is 41.7 Å². The molecule has 0 atom stereocenters. The predicted octanol–water partition coefficient (Wildman–Crippen LogP) is 3.42. The predicted molar refractivity (Wildman–Crippen MR) is 129 cm³/mol. The topological polar surface area (TPSA) is 78.7 Å². The number of methoxy groups -OCH3 is 2. The number of thiazole rings is 1. The zero-order valence-electron chi connectivity index (χ0n) is 18.5. The summed E-state index contributed by atoms with van der Waals surface area (Å²) in [7, 11) is 3.20. The third-order valence-corrected chi connectivity index (χ3v) is 6.68. The molecular weight excluding hydrogens is 440 g/mol. The molecule has 9 heteroatoms. The monoisotopic (exact) mass is 464 g/mol. The van der Waals surface area contributed by atoms with Crippen LogP contribution >= 0.6 is 11.3 Å². The summed E-state index contributed by atoms with van der Waals surface area (Å²) in [5, 5.41) is 5.61. The van der Waals surface area contributed by atoms with Crippen molar-refractivity contribution in [3.8, 4) is 22.8 Å². The van der Waals surface area contributed by atoms with E-state index in [1.54, 1.807) is 20.3 Å². The second kappa shape index (κ2) is 9.21. The van der Waals surface area contributed by atoms with Crippen LogP contribution in [0.2, 0.25) is 0 Å². The zero-order valence-corrected chi connectivity index (χ0v) is 19.3. The van der Waals surface area contributed by atoms with Crippen LogP contribution in [0.25, 0.3) is 21.5 Å². The molecule has 0 unspecified atom stereocenters. The van der Waals surface area contributed by atoms with Crippen LogP contribution in [-0.4, -0.2) is 55.3 Å². The van der Waals surface area contributed by atoms with E-state index in [0.717, 1.165) is 39.7 Å². The van der Waals surface area contributed by atoms with Gasteiger partial charge < -0.3 is 19.1 Å². The average molecular weight is 465 g/mol. The lowest BCUT2D eigenvalue weighted by Crippen LogP contribution is -2.36. The minimum absolute atomic E-state index is 0.220. The minimum atomic E-state index is -0.220. The summed E-state index contributed by atoms with van der Waals surface area (Å²) in [4.78, 5) is 20.4. The van der Waals surface area contributed by atoms with Crippen LogP contribution in [0.1, 0.15) is 5.56 Å². The minimum Gasteiger partial charge on any atom is -0.497 e. The van der Waals surface area contributed by atoms with E-state index in [-0.39, 0.29) is 12.1 Å². The Balaban J connectivity index is 1.65. The largest absolute Gasteiger partial charge is 0.497 e. The highest BCUT2D eigenvalue weighted by atomic mass is 32.1. The number of hydrogen-bond acceptors (Lipinski definition) is 8. The highest BCUT2D eigenvalue weighted by molar-refractivity contribution is 7.22. The summed E-state index contributed by atoms with van der Waals surface area (Å²) >= 11 is 1.51. The van der Waals surface area contributed by atoms with Gasteiger partial charge in [0.15, 0.2) is 10.6 Å². The van der Waals surface area contributed by atoms with Gasteiger partial charge in [-0.3, -0.25) is 4.79 Å². The first-order valence-electron chi connectivity index (χ1n) is 10.7. The van der Waals surface area contributed by atoms with Gasteiger partial charge in [-0.15, -0.1) is 0 Å². The summed E-state index contributed by atoms with van der Waals surface area (Å²) in [6.45, 7) is 3.09. The van der Waals surface area contributed by atoms with Crippen LogP contribution in [0, 0.1) is 0 Å². The normalized spacial score (nSPS) is 13.9. The van der Waals surface area contributed by atoms with E-state index in [0.29, 0.717) is 30.2 Å². The molecule has 0 radical (unpaired) electrons. The molecule has 170 valence electrons. The Morgan fingerprint density at radius 3 is 2.39 bits per heavy atom. The Labute approximate surface area is 195 Å². The van der Waals surface area contributed by atoms with Crippen LogP contribution < -0.4 is 19.9 Å². The molecule has 1 saturated heterocycles. The number of morpholine rings is 1. The SMILES string of the molecule is COc1cc(Cn2nc(-c3ccccc3)c3sc(N4CCOCC4)nc3c2=O)cc(OC)c1. The standard InChI is InChI=1S/C24H24N4O4S/c1-30-18-12-16(13-19(14-18)31-2)15-28-23(29)21-22(20(26-28)17-6-4-3-5-7-17)33-24(25-21)27-8-10-32-11-9-27/h3-7,12-14H,8-11,15H2,1-2H3. The molecule has 0 bridgehead atoms. The van der Waals surface area contributed by atoms with E-state index < -0.39 is 0 Å². The van der Waals surface area contributed by atoms with Gasteiger partial charge in [0.1, 0.15) is 17.2 Å². The van der Waals surface area contributed by atoms with Crippen LogP contribution in [0.15, 0.2) is 53.3 Å².